The molecule has 0 saturated carbocycles. The molecule has 0 saturated heterocycles. The molecule has 0 aliphatic heterocycles. The Labute approximate surface area is 301 Å². The molecule has 250 valence electrons. The van der Waals surface area contributed by atoms with Crippen molar-refractivity contribution in [3.63, 3.8) is 0 Å². The summed E-state index contributed by atoms with van der Waals surface area (Å²) in [7, 11) is 0. The number of benzene rings is 8. The SMILES string of the molecule is CC(C)(C)c1cc2c(-c3ccc(C=O)cc3)cc3c(-c4ccc(C=O)cc4)cc(-c4ccc(C=O)cc4)c4cc(-c5ccc(C=O)cc5)c(c1)c2c34. The van der Waals surface area contributed by atoms with Crippen molar-refractivity contribution in [2.75, 3.05) is 0 Å². The van der Waals surface area contributed by atoms with Gasteiger partial charge in [-0.05, 0) is 118 Å². The first-order valence-electron chi connectivity index (χ1n) is 17.3. The second-order valence-electron chi connectivity index (χ2n) is 14.4. The molecule has 0 unspecified atom stereocenters. The van der Waals surface area contributed by atoms with Crippen molar-refractivity contribution in [2.45, 2.75) is 26.2 Å². The average Bonchev–Trinajstić information content (AvgIpc) is 3.19. The molecule has 0 N–H and O–H groups in total. The lowest BCUT2D eigenvalue weighted by molar-refractivity contribution is 0.111. The van der Waals surface area contributed by atoms with Crippen LogP contribution < -0.4 is 0 Å². The summed E-state index contributed by atoms with van der Waals surface area (Å²) in [5.41, 5.74) is 11.5. The van der Waals surface area contributed by atoms with E-state index in [4.69, 9.17) is 0 Å². The summed E-state index contributed by atoms with van der Waals surface area (Å²) in [5, 5.41) is 6.53. The Morgan fingerprint density at radius 1 is 0.346 bits per heavy atom. The van der Waals surface area contributed by atoms with E-state index in [9.17, 15) is 19.2 Å². The molecule has 8 aromatic rings. The Balaban J connectivity index is 1.61. The van der Waals surface area contributed by atoms with E-state index in [1.807, 2.05) is 97.1 Å². The summed E-state index contributed by atoms with van der Waals surface area (Å²) >= 11 is 0. The van der Waals surface area contributed by atoms with Gasteiger partial charge >= 0.3 is 0 Å². The molecule has 0 atom stereocenters. The van der Waals surface area contributed by atoms with Crippen LogP contribution in [0.4, 0.5) is 0 Å². The molecule has 0 aromatic heterocycles. The monoisotopic (exact) mass is 674 g/mol. The Kier molecular flexibility index (Phi) is 7.96. The van der Waals surface area contributed by atoms with Crippen molar-refractivity contribution in [2.24, 2.45) is 0 Å². The van der Waals surface area contributed by atoms with Crippen LogP contribution in [0, 0.1) is 0 Å². The molecule has 8 rings (SSSR count). The number of aldehydes is 4. The van der Waals surface area contributed by atoms with Crippen LogP contribution >= 0.6 is 0 Å². The van der Waals surface area contributed by atoms with Crippen LogP contribution in [-0.2, 0) is 5.41 Å². The standard InChI is InChI=1S/C48H34O4/c1-48(2,3)37-20-42-40(35-16-8-31(27-51)9-17-35)23-44-38(33-12-4-29(25-49)5-13-33)22-39(34-14-6-30(26-50)7-15-34)45-24-41(43(21-37)46(42)47(44)45)36-18-10-32(28-52)11-19-36/h4-28H,1-3H3. The van der Waals surface area contributed by atoms with E-state index in [2.05, 4.69) is 51.1 Å². The van der Waals surface area contributed by atoms with Crippen LogP contribution in [-0.4, -0.2) is 25.1 Å². The Morgan fingerprint density at radius 3 is 0.846 bits per heavy atom. The maximum absolute atomic E-state index is 11.7. The summed E-state index contributed by atoms with van der Waals surface area (Å²) in [6.07, 6.45) is 3.43. The average molecular weight is 675 g/mol. The predicted molar refractivity (Wildman–Crippen MR) is 212 cm³/mol. The van der Waals surface area contributed by atoms with Gasteiger partial charge in [-0.15, -0.1) is 0 Å². The van der Waals surface area contributed by atoms with Crippen LogP contribution in [0.5, 0.6) is 0 Å². The smallest absolute Gasteiger partial charge is 0.150 e. The Morgan fingerprint density at radius 2 is 0.596 bits per heavy atom. The molecule has 0 spiro atoms. The fourth-order valence-electron chi connectivity index (χ4n) is 7.42. The van der Waals surface area contributed by atoms with E-state index in [1.54, 1.807) is 0 Å². The highest BCUT2D eigenvalue weighted by Gasteiger charge is 2.25. The quantitative estimate of drug-likeness (QED) is 0.119. The zero-order chi connectivity index (χ0) is 36.1. The summed E-state index contributed by atoms with van der Waals surface area (Å²) in [5.74, 6) is 0. The first-order valence-corrected chi connectivity index (χ1v) is 17.3. The van der Waals surface area contributed by atoms with Crippen molar-refractivity contribution in [1.29, 1.82) is 0 Å². The first kappa shape index (κ1) is 32.7. The molecule has 52 heavy (non-hydrogen) atoms. The van der Waals surface area contributed by atoms with Crippen molar-refractivity contribution < 1.29 is 19.2 Å². The third kappa shape index (κ3) is 5.50. The lowest BCUT2D eigenvalue weighted by atomic mass is 9.77. The molecule has 0 heterocycles. The third-order valence-electron chi connectivity index (χ3n) is 10.3. The fourth-order valence-corrected chi connectivity index (χ4v) is 7.42. The zero-order valence-electron chi connectivity index (χ0n) is 29.1. The molecule has 0 radical (unpaired) electrons. The molecule has 4 nitrogen and oxygen atoms in total. The number of carbonyl (C=O) groups excluding carboxylic acids is 4. The third-order valence-corrected chi connectivity index (χ3v) is 10.3. The Hall–Kier alpha value is -6.52. The maximum Gasteiger partial charge on any atom is 0.150 e. The van der Waals surface area contributed by atoms with Gasteiger partial charge in [0.2, 0.25) is 0 Å². The van der Waals surface area contributed by atoms with E-state index in [0.29, 0.717) is 22.3 Å². The van der Waals surface area contributed by atoms with E-state index in [1.165, 1.54) is 5.56 Å². The molecule has 0 aliphatic rings. The predicted octanol–water partition coefficient (Wildman–Crippen LogP) is 11.8. The van der Waals surface area contributed by atoms with E-state index in [0.717, 1.165) is 102 Å². The highest BCUT2D eigenvalue weighted by Crippen LogP contribution is 2.50. The van der Waals surface area contributed by atoms with Crippen molar-refractivity contribution in [3.8, 4) is 44.5 Å². The van der Waals surface area contributed by atoms with Crippen LogP contribution in [0.3, 0.4) is 0 Å². The van der Waals surface area contributed by atoms with Crippen LogP contribution in [0.2, 0.25) is 0 Å². The molecular weight excluding hydrogens is 641 g/mol. The fraction of sp³-hybridized carbons (Fsp3) is 0.0833. The van der Waals surface area contributed by atoms with E-state index in [-0.39, 0.29) is 5.41 Å². The molecule has 8 aromatic carbocycles. The molecule has 0 amide bonds. The Bertz CT molecular complexity index is 2500. The molecule has 0 fully saturated rings. The minimum Gasteiger partial charge on any atom is -0.298 e. The summed E-state index contributed by atoms with van der Waals surface area (Å²) in [6, 6.07) is 42.2. The van der Waals surface area contributed by atoms with Crippen LogP contribution in [0.15, 0.2) is 127 Å². The van der Waals surface area contributed by atoms with Gasteiger partial charge in [0.15, 0.2) is 0 Å². The number of hydrogen-bond acceptors (Lipinski definition) is 4. The highest BCUT2D eigenvalue weighted by atomic mass is 16.1. The minimum absolute atomic E-state index is 0.168. The molecule has 4 heteroatoms. The van der Waals surface area contributed by atoms with Crippen LogP contribution in [0.25, 0.3) is 76.8 Å². The van der Waals surface area contributed by atoms with Crippen molar-refractivity contribution >= 4 is 57.5 Å². The normalized spacial score (nSPS) is 11.7. The summed E-state index contributed by atoms with van der Waals surface area (Å²) in [6.45, 7) is 6.66. The molecular formula is C48H34O4. The van der Waals surface area contributed by atoms with Gasteiger partial charge in [0, 0.05) is 22.3 Å². The van der Waals surface area contributed by atoms with Gasteiger partial charge in [-0.2, -0.15) is 0 Å². The topological polar surface area (TPSA) is 68.3 Å². The minimum atomic E-state index is -0.168. The lowest BCUT2D eigenvalue weighted by Crippen LogP contribution is -2.11. The van der Waals surface area contributed by atoms with Gasteiger partial charge < -0.3 is 0 Å². The summed E-state index contributed by atoms with van der Waals surface area (Å²) in [4.78, 5) is 46.6. The zero-order valence-corrected chi connectivity index (χ0v) is 29.1. The number of rotatable bonds is 8. The number of carbonyl (C=O) groups is 4. The largest absolute Gasteiger partial charge is 0.298 e. The van der Waals surface area contributed by atoms with Gasteiger partial charge in [-0.1, -0.05) is 118 Å². The molecule has 0 aliphatic carbocycles. The van der Waals surface area contributed by atoms with Gasteiger partial charge in [-0.25, -0.2) is 0 Å². The highest BCUT2D eigenvalue weighted by molar-refractivity contribution is 6.33. The molecule has 0 bridgehead atoms. The maximum atomic E-state index is 11.7. The van der Waals surface area contributed by atoms with E-state index >= 15 is 0 Å². The van der Waals surface area contributed by atoms with Gasteiger partial charge in [-0.3, -0.25) is 19.2 Å². The van der Waals surface area contributed by atoms with E-state index < -0.39 is 0 Å². The van der Waals surface area contributed by atoms with Gasteiger partial charge in [0.1, 0.15) is 25.1 Å². The van der Waals surface area contributed by atoms with Crippen LogP contribution in [0.1, 0.15) is 67.8 Å². The second-order valence-corrected chi connectivity index (χ2v) is 14.4. The first-order chi connectivity index (χ1) is 25.2. The van der Waals surface area contributed by atoms with Crippen molar-refractivity contribution in [1.82, 2.24) is 0 Å². The lowest BCUT2D eigenvalue weighted by Gasteiger charge is -2.26. The second kappa shape index (κ2) is 12.7. The van der Waals surface area contributed by atoms with Crippen molar-refractivity contribution in [3.05, 3.63) is 155 Å². The summed E-state index contributed by atoms with van der Waals surface area (Å²) < 4.78 is 0. The van der Waals surface area contributed by atoms with Gasteiger partial charge in [0.05, 0.1) is 0 Å². The number of hydrogen-bond donors (Lipinski definition) is 0. The van der Waals surface area contributed by atoms with Gasteiger partial charge in [0.25, 0.3) is 0 Å².